The lowest BCUT2D eigenvalue weighted by molar-refractivity contribution is 0.184. The first-order valence-corrected chi connectivity index (χ1v) is 5.73. The van der Waals surface area contributed by atoms with Crippen LogP contribution in [0.5, 0.6) is 5.75 Å². The number of halogens is 1. The molecule has 2 aromatic rings. The predicted octanol–water partition coefficient (Wildman–Crippen LogP) is 3.55. The first kappa shape index (κ1) is 12.6. The second-order valence-electron chi connectivity index (χ2n) is 4.00. The zero-order valence-electron chi connectivity index (χ0n) is 10.2. The molecule has 0 aliphatic heterocycles. The minimum atomic E-state index is -0.235. The lowest BCUT2D eigenvalue weighted by Crippen LogP contribution is -1.96. The summed E-state index contributed by atoms with van der Waals surface area (Å²) in [6.07, 6.45) is 0. The van der Waals surface area contributed by atoms with Gasteiger partial charge in [-0.15, -0.1) is 0 Å². The van der Waals surface area contributed by atoms with Crippen molar-refractivity contribution in [3.05, 3.63) is 65.5 Å². The average Bonchev–Trinajstić information content (AvgIpc) is 2.39. The van der Waals surface area contributed by atoms with Crippen LogP contribution < -0.4 is 4.74 Å². The van der Waals surface area contributed by atoms with E-state index in [4.69, 9.17) is 9.47 Å². The highest BCUT2D eigenvalue weighted by atomic mass is 19.1. The van der Waals surface area contributed by atoms with Gasteiger partial charge in [-0.1, -0.05) is 24.3 Å². The largest absolute Gasteiger partial charge is 0.489 e. The summed E-state index contributed by atoms with van der Waals surface area (Å²) in [5.74, 6) is 0.551. The van der Waals surface area contributed by atoms with E-state index in [-0.39, 0.29) is 5.82 Å². The summed E-state index contributed by atoms with van der Waals surface area (Å²) in [7, 11) is 1.66. The van der Waals surface area contributed by atoms with E-state index in [1.54, 1.807) is 19.2 Å². The molecule has 94 valence electrons. The number of ether oxygens (including phenoxy) is 2. The average molecular weight is 246 g/mol. The molecule has 0 fully saturated rings. The highest BCUT2D eigenvalue weighted by molar-refractivity contribution is 5.28. The third-order valence-corrected chi connectivity index (χ3v) is 2.53. The van der Waals surface area contributed by atoms with Crippen molar-refractivity contribution in [1.29, 1.82) is 0 Å². The van der Waals surface area contributed by atoms with Gasteiger partial charge in [-0.3, -0.25) is 0 Å². The zero-order valence-corrected chi connectivity index (χ0v) is 10.2. The summed E-state index contributed by atoms with van der Waals surface area (Å²) in [6, 6.07) is 14.0. The topological polar surface area (TPSA) is 18.5 Å². The van der Waals surface area contributed by atoms with E-state index >= 15 is 0 Å². The summed E-state index contributed by atoms with van der Waals surface area (Å²) in [5, 5.41) is 0. The molecule has 0 bridgehead atoms. The maximum absolute atomic E-state index is 12.7. The molecular formula is C15H15FO2. The van der Waals surface area contributed by atoms with Crippen LogP contribution in [0, 0.1) is 5.82 Å². The Morgan fingerprint density at radius 1 is 0.944 bits per heavy atom. The van der Waals surface area contributed by atoms with Crippen molar-refractivity contribution in [2.75, 3.05) is 7.11 Å². The Bertz CT molecular complexity index is 494. The van der Waals surface area contributed by atoms with Crippen molar-refractivity contribution in [1.82, 2.24) is 0 Å². The molecule has 0 radical (unpaired) electrons. The van der Waals surface area contributed by atoms with Crippen molar-refractivity contribution in [2.24, 2.45) is 0 Å². The molecule has 2 aromatic carbocycles. The van der Waals surface area contributed by atoms with Crippen LogP contribution in [0.4, 0.5) is 4.39 Å². The Morgan fingerprint density at radius 3 is 2.44 bits per heavy atom. The Labute approximate surface area is 106 Å². The van der Waals surface area contributed by atoms with E-state index in [2.05, 4.69) is 0 Å². The standard InChI is InChI=1S/C15H15FO2/c1-17-10-13-3-2-4-15(9-13)18-11-12-5-7-14(16)8-6-12/h2-9H,10-11H2,1H3. The van der Waals surface area contributed by atoms with Gasteiger partial charge in [-0.2, -0.15) is 0 Å². The van der Waals surface area contributed by atoms with Crippen LogP contribution in [0.1, 0.15) is 11.1 Å². The number of hydrogen-bond acceptors (Lipinski definition) is 2. The zero-order chi connectivity index (χ0) is 12.8. The molecule has 3 heteroatoms. The number of hydrogen-bond donors (Lipinski definition) is 0. The lowest BCUT2D eigenvalue weighted by Gasteiger charge is -2.08. The fourth-order valence-corrected chi connectivity index (χ4v) is 1.64. The van der Waals surface area contributed by atoms with Crippen molar-refractivity contribution in [2.45, 2.75) is 13.2 Å². The van der Waals surface area contributed by atoms with Gasteiger partial charge in [0.15, 0.2) is 0 Å². The molecule has 0 amide bonds. The summed E-state index contributed by atoms with van der Waals surface area (Å²) in [4.78, 5) is 0. The van der Waals surface area contributed by atoms with E-state index in [1.807, 2.05) is 24.3 Å². The molecule has 0 aliphatic carbocycles. The molecule has 0 heterocycles. The first-order chi connectivity index (χ1) is 8.78. The van der Waals surface area contributed by atoms with Crippen LogP contribution in [0.15, 0.2) is 48.5 Å². The molecule has 0 aliphatic rings. The molecule has 0 saturated heterocycles. The van der Waals surface area contributed by atoms with Crippen molar-refractivity contribution < 1.29 is 13.9 Å². The minimum Gasteiger partial charge on any atom is -0.489 e. The molecule has 0 aromatic heterocycles. The van der Waals surface area contributed by atoms with Crippen LogP contribution in [-0.2, 0) is 18.0 Å². The molecule has 0 atom stereocenters. The molecule has 0 spiro atoms. The van der Waals surface area contributed by atoms with E-state index in [0.717, 1.165) is 16.9 Å². The van der Waals surface area contributed by atoms with Crippen LogP contribution >= 0.6 is 0 Å². The van der Waals surface area contributed by atoms with Crippen molar-refractivity contribution >= 4 is 0 Å². The van der Waals surface area contributed by atoms with Crippen LogP contribution in [-0.4, -0.2) is 7.11 Å². The summed E-state index contributed by atoms with van der Waals surface area (Å²) in [6.45, 7) is 0.991. The number of methoxy groups -OCH3 is 1. The van der Waals surface area contributed by atoms with Gasteiger partial charge in [-0.05, 0) is 35.4 Å². The normalized spacial score (nSPS) is 10.3. The van der Waals surface area contributed by atoms with Crippen LogP contribution in [0.3, 0.4) is 0 Å². The summed E-state index contributed by atoms with van der Waals surface area (Å²) < 4.78 is 23.4. The highest BCUT2D eigenvalue weighted by Gasteiger charge is 1.98. The van der Waals surface area contributed by atoms with Gasteiger partial charge in [0.25, 0.3) is 0 Å². The third kappa shape index (κ3) is 3.57. The monoisotopic (exact) mass is 246 g/mol. The molecule has 18 heavy (non-hydrogen) atoms. The molecule has 0 unspecified atom stereocenters. The van der Waals surface area contributed by atoms with Gasteiger partial charge in [-0.25, -0.2) is 4.39 Å². The Balaban J connectivity index is 1.97. The van der Waals surface area contributed by atoms with E-state index in [0.29, 0.717) is 13.2 Å². The van der Waals surface area contributed by atoms with Gasteiger partial charge in [0.05, 0.1) is 6.61 Å². The fraction of sp³-hybridized carbons (Fsp3) is 0.200. The highest BCUT2D eigenvalue weighted by Crippen LogP contribution is 2.15. The van der Waals surface area contributed by atoms with E-state index in [9.17, 15) is 4.39 Å². The van der Waals surface area contributed by atoms with Gasteiger partial charge < -0.3 is 9.47 Å². The Morgan fingerprint density at radius 2 is 1.72 bits per heavy atom. The quantitative estimate of drug-likeness (QED) is 0.803. The Kier molecular flexibility index (Phi) is 4.31. The van der Waals surface area contributed by atoms with Crippen LogP contribution in [0.25, 0.3) is 0 Å². The minimum absolute atomic E-state index is 0.235. The maximum Gasteiger partial charge on any atom is 0.123 e. The second kappa shape index (κ2) is 6.17. The van der Waals surface area contributed by atoms with Gasteiger partial charge in [0.1, 0.15) is 18.2 Å². The molecular weight excluding hydrogens is 231 g/mol. The number of benzene rings is 2. The van der Waals surface area contributed by atoms with Crippen molar-refractivity contribution in [3.8, 4) is 5.75 Å². The van der Waals surface area contributed by atoms with E-state index < -0.39 is 0 Å². The first-order valence-electron chi connectivity index (χ1n) is 5.73. The maximum atomic E-state index is 12.7. The third-order valence-electron chi connectivity index (χ3n) is 2.53. The van der Waals surface area contributed by atoms with E-state index in [1.165, 1.54) is 12.1 Å². The molecule has 0 saturated carbocycles. The molecule has 2 rings (SSSR count). The van der Waals surface area contributed by atoms with Gasteiger partial charge in [0, 0.05) is 7.11 Å². The summed E-state index contributed by atoms with van der Waals surface area (Å²) >= 11 is 0. The SMILES string of the molecule is COCc1cccc(OCc2ccc(F)cc2)c1. The van der Waals surface area contributed by atoms with Crippen molar-refractivity contribution in [3.63, 3.8) is 0 Å². The summed E-state index contributed by atoms with van der Waals surface area (Å²) in [5.41, 5.74) is 2.00. The number of rotatable bonds is 5. The Hall–Kier alpha value is -1.87. The van der Waals surface area contributed by atoms with Gasteiger partial charge in [0.2, 0.25) is 0 Å². The van der Waals surface area contributed by atoms with Gasteiger partial charge >= 0.3 is 0 Å². The molecule has 2 nitrogen and oxygen atoms in total. The predicted molar refractivity (Wildman–Crippen MR) is 67.9 cm³/mol. The van der Waals surface area contributed by atoms with Crippen LogP contribution in [0.2, 0.25) is 0 Å². The second-order valence-corrected chi connectivity index (χ2v) is 4.00. The molecule has 0 N–H and O–H groups in total. The fourth-order valence-electron chi connectivity index (χ4n) is 1.64. The lowest BCUT2D eigenvalue weighted by atomic mass is 10.2. The smallest absolute Gasteiger partial charge is 0.123 e.